The van der Waals surface area contributed by atoms with E-state index >= 15 is 0 Å². The van der Waals surface area contributed by atoms with Gasteiger partial charge in [-0.3, -0.25) is 0 Å². The van der Waals surface area contributed by atoms with Gasteiger partial charge in [0.05, 0.1) is 0 Å². The molecule has 8 aromatic rings. The van der Waals surface area contributed by atoms with Gasteiger partial charge in [-0.15, -0.1) is 0 Å². The molecule has 0 fully saturated rings. The summed E-state index contributed by atoms with van der Waals surface area (Å²) in [7, 11) is -13.0. The highest BCUT2D eigenvalue weighted by Gasteiger charge is 2.37. The summed E-state index contributed by atoms with van der Waals surface area (Å²) in [5.41, 5.74) is 1.23. The zero-order valence-corrected chi connectivity index (χ0v) is 38.3. The molecule has 0 aliphatic rings. The number of phosphoric acid groups is 3. The molecule has 1 unspecified atom stereocenters. The van der Waals surface area contributed by atoms with E-state index in [1.54, 1.807) is 170 Å². The summed E-state index contributed by atoms with van der Waals surface area (Å²) < 4.78 is 95.5. The van der Waals surface area contributed by atoms with Gasteiger partial charge in [-0.1, -0.05) is 172 Å². The maximum Gasteiger partial charge on any atom is 0.647 e. The van der Waals surface area contributed by atoms with Gasteiger partial charge in [-0.25, -0.2) is 0 Å². The lowest BCUT2D eigenvalue weighted by atomic mass is 9.78. The average molecular weight is 1020 g/mol. The monoisotopic (exact) mass is 1020 g/mol. The van der Waals surface area contributed by atoms with Crippen LogP contribution < -0.4 is 40.7 Å². The molecule has 12 nitrogen and oxygen atoms in total. The maximum atomic E-state index is 14.6. The smallest absolute Gasteiger partial charge is 0.386 e. The van der Waals surface area contributed by atoms with Crippen molar-refractivity contribution in [2.75, 3.05) is 0 Å². The molecular weight excluding hydrogens is 958 g/mol. The van der Waals surface area contributed by atoms with Crippen LogP contribution in [0.5, 0.6) is 51.7 Å². The van der Waals surface area contributed by atoms with Crippen LogP contribution in [0.2, 0.25) is 0 Å². The van der Waals surface area contributed by atoms with Crippen LogP contribution in [-0.4, -0.2) is 0 Å². The Bertz CT molecular complexity index is 2860. The highest BCUT2D eigenvalue weighted by atomic mass is 31.2. The molecule has 0 heterocycles. The molecule has 71 heavy (non-hydrogen) atoms. The minimum atomic E-state index is -4.49. The second-order valence-corrected chi connectivity index (χ2v) is 19.2. The number of rotatable bonds is 20. The molecule has 1 atom stereocenters. The summed E-state index contributed by atoms with van der Waals surface area (Å²) in [6.07, 6.45) is 0. The summed E-state index contributed by atoms with van der Waals surface area (Å²) in [5.74, 6) is 1.88. The van der Waals surface area contributed by atoms with Crippen LogP contribution in [0.1, 0.15) is 62.1 Å². The first-order chi connectivity index (χ1) is 31.9. The first-order valence-corrected chi connectivity index (χ1v) is 24.9. The molecule has 8 aromatic carbocycles. The molecule has 0 N–H and O–H groups in total. The second-order valence-electron chi connectivity index (χ2n) is 14.9. The largest absolute Gasteiger partial charge is 0.647 e. The molecule has 15 heteroatoms. The molecule has 0 amide bonds. The third kappa shape index (κ3) is 16.1. The first kappa shape index (κ1) is 58.0. The van der Waals surface area contributed by atoms with Crippen LogP contribution in [-0.2, 0) is 19.1 Å². The normalized spacial score (nSPS) is 11.5. The Morgan fingerprint density at radius 2 is 0.437 bits per heavy atom. The topological polar surface area (TPSA) is 134 Å². The lowest BCUT2D eigenvalue weighted by Crippen LogP contribution is -2.18. The SMILES string of the molecule is C.C.C.C.C.CC(C)(c1ccc(OP(=O)(Oc2ccccc2)Oc2ccccc2)cc1)c1ccc(OP(=O)(Oc2ccccc2)Oc2cccc(OP(=O)(Oc3ccccc3)Oc3ccccc3)c2)cc1. The fourth-order valence-corrected chi connectivity index (χ4v) is 10.1. The Hall–Kier alpha value is -7.35. The molecule has 0 aliphatic carbocycles. The van der Waals surface area contributed by atoms with Gasteiger partial charge in [-0.05, 0) is 108 Å². The molecule has 0 bridgehead atoms. The van der Waals surface area contributed by atoms with E-state index in [1.807, 2.05) is 50.2 Å². The Labute approximate surface area is 419 Å². The number of hydrogen-bond donors (Lipinski definition) is 0. The predicted octanol–water partition coefficient (Wildman–Crippen LogP) is 18.1. The standard InChI is InChI=1S/C51H43O12P3.5CH4/c1-51(2,40-31-35-47(36-32-40)60-64(52,55-42-19-8-3-9-20-42)56-43-21-10-4-11-22-43)41-33-37-48(38-34-41)61-66(54,59-46-27-16-7-17-28-46)63-50-30-18-29-49(39-50)62-65(53,57-44-23-12-5-13-24-44)58-45-25-14-6-15-26-45;;;;;/h3-39H,1-2H3;5*1H4. The van der Waals surface area contributed by atoms with Crippen molar-refractivity contribution in [2.24, 2.45) is 0 Å². The lowest BCUT2D eigenvalue weighted by molar-refractivity contribution is 0.293. The van der Waals surface area contributed by atoms with Gasteiger partial charge in [0.25, 0.3) is 0 Å². The highest BCUT2D eigenvalue weighted by Crippen LogP contribution is 2.54. The Morgan fingerprint density at radius 1 is 0.254 bits per heavy atom. The lowest BCUT2D eigenvalue weighted by Gasteiger charge is -2.27. The van der Waals surface area contributed by atoms with Gasteiger partial charge in [0.15, 0.2) is 0 Å². The van der Waals surface area contributed by atoms with Crippen LogP contribution >= 0.6 is 23.5 Å². The molecule has 374 valence electrons. The third-order valence-electron chi connectivity index (χ3n) is 9.63. The van der Waals surface area contributed by atoms with Gasteiger partial charge >= 0.3 is 23.5 Å². The van der Waals surface area contributed by atoms with Gasteiger partial charge in [-0.2, -0.15) is 13.7 Å². The number of phosphoric ester groups is 3. The van der Waals surface area contributed by atoms with Crippen LogP contribution in [0, 0.1) is 0 Å². The Balaban J connectivity index is 0.00000266. The van der Waals surface area contributed by atoms with Crippen molar-refractivity contribution in [3.8, 4) is 51.7 Å². The van der Waals surface area contributed by atoms with Crippen molar-refractivity contribution in [1.29, 1.82) is 0 Å². The summed E-state index contributed by atoms with van der Waals surface area (Å²) >= 11 is 0. The summed E-state index contributed by atoms with van der Waals surface area (Å²) in [5, 5.41) is 0. The van der Waals surface area contributed by atoms with E-state index in [4.69, 9.17) is 40.7 Å². The number of hydrogen-bond acceptors (Lipinski definition) is 12. The fourth-order valence-electron chi connectivity index (χ4n) is 6.36. The number of para-hydroxylation sites is 5. The summed E-state index contributed by atoms with van der Waals surface area (Å²) in [6.45, 7) is 4.08. The quantitative estimate of drug-likeness (QED) is 0.0673. The van der Waals surface area contributed by atoms with E-state index in [1.165, 1.54) is 18.2 Å². The van der Waals surface area contributed by atoms with Crippen LogP contribution in [0.3, 0.4) is 0 Å². The van der Waals surface area contributed by atoms with Crippen molar-refractivity contribution in [1.82, 2.24) is 0 Å². The maximum absolute atomic E-state index is 14.6. The van der Waals surface area contributed by atoms with E-state index in [0.717, 1.165) is 11.1 Å². The fraction of sp³-hybridized carbons (Fsp3) is 0.143. The van der Waals surface area contributed by atoms with E-state index < -0.39 is 28.9 Å². The van der Waals surface area contributed by atoms with Gasteiger partial charge in [0.1, 0.15) is 51.7 Å². The third-order valence-corrected chi connectivity index (χ3v) is 13.5. The molecule has 0 radical (unpaired) electrons. The second kappa shape index (κ2) is 26.0. The predicted molar refractivity (Wildman–Crippen MR) is 286 cm³/mol. The minimum absolute atomic E-state index is 0. The first-order valence-electron chi connectivity index (χ1n) is 20.5. The zero-order chi connectivity index (χ0) is 45.9. The van der Waals surface area contributed by atoms with Gasteiger partial charge < -0.3 is 40.7 Å². The molecule has 0 saturated carbocycles. The van der Waals surface area contributed by atoms with Gasteiger partial charge in [0, 0.05) is 11.5 Å². The van der Waals surface area contributed by atoms with Crippen molar-refractivity contribution in [3.05, 3.63) is 236 Å². The van der Waals surface area contributed by atoms with Crippen molar-refractivity contribution in [3.63, 3.8) is 0 Å². The van der Waals surface area contributed by atoms with E-state index in [2.05, 4.69) is 0 Å². The van der Waals surface area contributed by atoms with E-state index in [0.29, 0.717) is 11.5 Å². The highest BCUT2D eigenvalue weighted by molar-refractivity contribution is 7.50. The van der Waals surface area contributed by atoms with E-state index in [9.17, 15) is 13.7 Å². The molecule has 0 saturated heterocycles. The molecule has 0 spiro atoms. The van der Waals surface area contributed by atoms with Crippen LogP contribution in [0.25, 0.3) is 0 Å². The average Bonchev–Trinajstić information content (AvgIpc) is 3.31. The summed E-state index contributed by atoms with van der Waals surface area (Å²) in [4.78, 5) is 0. The van der Waals surface area contributed by atoms with Gasteiger partial charge in [0.2, 0.25) is 0 Å². The van der Waals surface area contributed by atoms with Crippen LogP contribution in [0.4, 0.5) is 0 Å². The molecule has 8 rings (SSSR count). The zero-order valence-electron chi connectivity index (χ0n) is 35.6. The van der Waals surface area contributed by atoms with Crippen molar-refractivity contribution < 1.29 is 54.4 Å². The molecular formula is C56H63O12P3. The summed E-state index contributed by atoms with van der Waals surface area (Å²) in [6, 6.07) is 62.8. The number of benzene rings is 8. The van der Waals surface area contributed by atoms with Crippen LogP contribution in [0.15, 0.2) is 224 Å². The Kier molecular flexibility index (Phi) is 21.2. The molecule has 0 aromatic heterocycles. The van der Waals surface area contributed by atoms with E-state index in [-0.39, 0.29) is 77.4 Å². The molecule has 0 aliphatic heterocycles. The Morgan fingerprint density at radius 3 is 0.662 bits per heavy atom. The van der Waals surface area contributed by atoms with Crippen molar-refractivity contribution in [2.45, 2.75) is 56.4 Å². The minimum Gasteiger partial charge on any atom is -0.386 e. The van der Waals surface area contributed by atoms with Crippen molar-refractivity contribution >= 4 is 23.5 Å².